The van der Waals surface area contributed by atoms with Crippen LogP contribution >= 0.6 is 27.5 Å². The van der Waals surface area contributed by atoms with Crippen LogP contribution in [0.25, 0.3) is 0 Å². The van der Waals surface area contributed by atoms with E-state index in [2.05, 4.69) is 20.9 Å². The van der Waals surface area contributed by atoms with E-state index < -0.39 is 5.82 Å². The highest BCUT2D eigenvalue weighted by molar-refractivity contribution is 9.10. The number of amidine groups is 1. The standard InChI is InChI=1S/C12H8BrClFN3O/c13-7-4-8(14)9(15)5-11(7)19-6-1-2-18-10(3-6)12(16)17/h1-5H,(H3,16,17). The second kappa shape index (κ2) is 5.54. The molecule has 0 amide bonds. The molecular formula is C12H8BrClFN3O. The van der Waals surface area contributed by atoms with Gasteiger partial charge in [-0.05, 0) is 28.1 Å². The van der Waals surface area contributed by atoms with Crippen LogP contribution in [0.5, 0.6) is 11.5 Å². The van der Waals surface area contributed by atoms with Gasteiger partial charge in [0.05, 0.1) is 9.50 Å². The van der Waals surface area contributed by atoms with Crippen LogP contribution in [0.1, 0.15) is 5.69 Å². The normalized spacial score (nSPS) is 10.3. The lowest BCUT2D eigenvalue weighted by molar-refractivity contribution is 0.473. The van der Waals surface area contributed by atoms with Crippen molar-refractivity contribution in [2.75, 3.05) is 0 Å². The van der Waals surface area contributed by atoms with Crippen LogP contribution in [-0.2, 0) is 0 Å². The van der Waals surface area contributed by atoms with Gasteiger partial charge in [0, 0.05) is 18.3 Å². The summed E-state index contributed by atoms with van der Waals surface area (Å²) >= 11 is 8.87. The lowest BCUT2D eigenvalue weighted by Crippen LogP contribution is -2.12. The second-order valence-corrected chi connectivity index (χ2v) is 4.85. The molecule has 0 saturated heterocycles. The van der Waals surface area contributed by atoms with Gasteiger partial charge in [-0.3, -0.25) is 10.4 Å². The van der Waals surface area contributed by atoms with Gasteiger partial charge in [0.25, 0.3) is 0 Å². The number of rotatable bonds is 3. The van der Waals surface area contributed by atoms with E-state index in [0.29, 0.717) is 10.2 Å². The van der Waals surface area contributed by atoms with E-state index in [9.17, 15) is 4.39 Å². The van der Waals surface area contributed by atoms with Crippen molar-refractivity contribution in [3.8, 4) is 11.5 Å². The maximum absolute atomic E-state index is 13.4. The minimum absolute atomic E-state index is 0.00150. The molecule has 1 aromatic heterocycles. The fourth-order valence-corrected chi connectivity index (χ4v) is 2.05. The Morgan fingerprint density at radius 2 is 2.16 bits per heavy atom. The van der Waals surface area contributed by atoms with Crippen molar-refractivity contribution in [3.63, 3.8) is 0 Å². The average molecular weight is 345 g/mol. The molecular weight excluding hydrogens is 337 g/mol. The van der Waals surface area contributed by atoms with Crippen LogP contribution in [0, 0.1) is 11.2 Å². The van der Waals surface area contributed by atoms with Gasteiger partial charge in [-0.15, -0.1) is 0 Å². The third-order valence-corrected chi connectivity index (χ3v) is 3.12. The molecule has 0 unspecified atom stereocenters. The molecule has 19 heavy (non-hydrogen) atoms. The lowest BCUT2D eigenvalue weighted by Gasteiger charge is -2.09. The van der Waals surface area contributed by atoms with E-state index in [0.717, 1.165) is 0 Å². The summed E-state index contributed by atoms with van der Waals surface area (Å²) in [5.74, 6) is -0.0993. The second-order valence-electron chi connectivity index (χ2n) is 3.59. The van der Waals surface area contributed by atoms with E-state index in [1.165, 1.54) is 24.4 Å². The number of nitrogens with two attached hydrogens (primary N) is 1. The predicted octanol–water partition coefficient (Wildman–Crippen LogP) is 3.71. The van der Waals surface area contributed by atoms with Crippen molar-refractivity contribution in [1.29, 1.82) is 5.41 Å². The summed E-state index contributed by atoms with van der Waals surface area (Å²) in [6.07, 6.45) is 1.45. The molecule has 98 valence electrons. The third kappa shape index (κ3) is 3.21. The average Bonchev–Trinajstić information content (AvgIpc) is 2.36. The van der Waals surface area contributed by atoms with Crippen molar-refractivity contribution >= 4 is 33.4 Å². The number of nitrogen functional groups attached to an aromatic ring is 1. The molecule has 0 fully saturated rings. The molecule has 1 aromatic carbocycles. The van der Waals surface area contributed by atoms with E-state index in [-0.39, 0.29) is 22.3 Å². The van der Waals surface area contributed by atoms with Gasteiger partial charge >= 0.3 is 0 Å². The summed E-state index contributed by atoms with van der Waals surface area (Å²) in [5, 5.41) is 7.29. The Kier molecular flexibility index (Phi) is 4.01. The van der Waals surface area contributed by atoms with Gasteiger partial charge in [-0.1, -0.05) is 11.6 Å². The van der Waals surface area contributed by atoms with E-state index in [4.69, 9.17) is 27.5 Å². The molecule has 0 spiro atoms. The highest BCUT2D eigenvalue weighted by Gasteiger charge is 2.09. The fourth-order valence-electron chi connectivity index (χ4n) is 1.33. The quantitative estimate of drug-likeness (QED) is 0.506. The number of nitrogens with zero attached hydrogens (tertiary/aromatic N) is 1. The van der Waals surface area contributed by atoms with Gasteiger partial charge in [0.15, 0.2) is 0 Å². The first-order valence-corrected chi connectivity index (χ1v) is 6.27. The van der Waals surface area contributed by atoms with Crippen LogP contribution in [0.2, 0.25) is 5.02 Å². The third-order valence-electron chi connectivity index (χ3n) is 2.21. The van der Waals surface area contributed by atoms with Gasteiger partial charge in [0.1, 0.15) is 28.8 Å². The summed E-state index contributed by atoms with van der Waals surface area (Å²) in [6, 6.07) is 5.63. The Labute approximate surface area is 122 Å². The maximum Gasteiger partial charge on any atom is 0.145 e. The largest absolute Gasteiger partial charge is 0.456 e. The van der Waals surface area contributed by atoms with Crippen molar-refractivity contribution < 1.29 is 9.13 Å². The zero-order chi connectivity index (χ0) is 14.0. The van der Waals surface area contributed by atoms with Gasteiger partial charge in [-0.25, -0.2) is 4.39 Å². The number of hydrogen-bond donors (Lipinski definition) is 2. The molecule has 0 aliphatic heterocycles. The number of nitrogens with one attached hydrogen (secondary N) is 1. The number of benzene rings is 1. The Bertz CT molecular complexity index is 651. The van der Waals surface area contributed by atoms with Crippen molar-refractivity contribution in [2.45, 2.75) is 0 Å². The minimum Gasteiger partial charge on any atom is -0.456 e. The molecule has 3 N–H and O–H groups in total. The first-order chi connectivity index (χ1) is 8.97. The minimum atomic E-state index is -0.583. The molecule has 7 heteroatoms. The SMILES string of the molecule is N=C(N)c1cc(Oc2cc(F)c(Cl)cc2Br)ccn1. The van der Waals surface area contributed by atoms with Crippen LogP contribution < -0.4 is 10.5 Å². The molecule has 0 radical (unpaired) electrons. The molecule has 0 bridgehead atoms. The Morgan fingerprint density at radius 3 is 2.84 bits per heavy atom. The summed E-state index contributed by atoms with van der Waals surface area (Å²) < 4.78 is 19.4. The zero-order valence-corrected chi connectivity index (χ0v) is 11.8. The van der Waals surface area contributed by atoms with Gasteiger partial charge in [-0.2, -0.15) is 0 Å². The first kappa shape index (κ1) is 13.8. The van der Waals surface area contributed by atoms with E-state index >= 15 is 0 Å². The van der Waals surface area contributed by atoms with Crippen LogP contribution in [0.3, 0.4) is 0 Å². The Balaban J connectivity index is 2.33. The zero-order valence-electron chi connectivity index (χ0n) is 9.45. The molecule has 2 aromatic rings. The molecule has 2 rings (SSSR count). The lowest BCUT2D eigenvalue weighted by atomic mass is 10.3. The molecule has 1 heterocycles. The highest BCUT2D eigenvalue weighted by Crippen LogP contribution is 2.33. The molecule has 4 nitrogen and oxygen atoms in total. The van der Waals surface area contributed by atoms with E-state index in [1.807, 2.05) is 0 Å². The molecule has 0 saturated carbocycles. The van der Waals surface area contributed by atoms with Crippen molar-refractivity contribution in [1.82, 2.24) is 4.98 Å². The monoisotopic (exact) mass is 343 g/mol. The van der Waals surface area contributed by atoms with Crippen molar-refractivity contribution in [3.05, 3.63) is 51.5 Å². The molecule has 0 aliphatic carbocycles. The predicted molar refractivity (Wildman–Crippen MR) is 74.4 cm³/mol. The molecule has 0 atom stereocenters. The van der Waals surface area contributed by atoms with Crippen molar-refractivity contribution in [2.24, 2.45) is 5.73 Å². The number of pyridine rings is 1. The number of halogens is 3. The topological polar surface area (TPSA) is 72.0 Å². The molecule has 0 aliphatic rings. The maximum atomic E-state index is 13.4. The Hall–Kier alpha value is -1.66. The van der Waals surface area contributed by atoms with Gasteiger partial charge < -0.3 is 10.5 Å². The first-order valence-electron chi connectivity index (χ1n) is 5.10. The Morgan fingerprint density at radius 1 is 1.42 bits per heavy atom. The van der Waals surface area contributed by atoms with Gasteiger partial charge in [0.2, 0.25) is 0 Å². The number of ether oxygens (including phenoxy) is 1. The smallest absolute Gasteiger partial charge is 0.145 e. The van der Waals surface area contributed by atoms with Crippen LogP contribution in [0.15, 0.2) is 34.9 Å². The summed E-state index contributed by atoms with van der Waals surface area (Å²) in [7, 11) is 0. The highest BCUT2D eigenvalue weighted by atomic mass is 79.9. The number of aromatic nitrogens is 1. The fraction of sp³-hybridized carbons (Fsp3) is 0. The number of hydrogen-bond acceptors (Lipinski definition) is 3. The van der Waals surface area contributed by atoms with Crippen LogP contribution in [-0.4, -0.2) is 10.8 Å². The van der Waals surface area contributed by atoms with Crippen LogP contribution in [0.4, 0.5) is 4.39 Å². The summed E-state index contributed by atoms with van der Waals surface area (Å²) in [5.41, 5.74) is 5.61. The summed E-state index contributed by atoms with van der Waals surface area (Å²) in [6.45, 7) is 0. The summed E-state index contributed by atoms with van der Waals surface area (Å²) in [4.78, 5) is 3.90. The van der Waals surface area contributed by atoms with E-state index in [1.54, 1.807) is 6.07 Å².